The fraction of sp³-hybridized carbons (Fsp3) is 0.300. The molecule has 0 aliphatic rings. The second-order valence-electron chi connectivity index (χ2n) is 3.11. The lowest BCUT2D eigenvalue weighted by molar-refractivity contribution is -0.147. The Labute approximate surface area is 82.0 Å². The first-order valence-electron chi connectivity index (χ1n) is 4.32. The summed E-state index contributed by atoms with van der Waals surface area (Å²) in [6.45, 7) is 0. The van der Waals surface area contributed by atoms with Gasteiger partial charge in [0.05, 0.1) is 0 Å². The van der Waals surface area contributed by atoms with Crippen molar-refractivity contribution in [2.75, 3.05) is 0 Å². The summed E-state index contributed by atoms with van der Waals surface area (Å²) in [6.07, 6.45) is -1.37. The maximum absolute atomic E-state index is 10.4. The molecule has 0 fully saturated rings. The van der Waals surface area contributed by atoms with Gasteiger partial charge in [-0.2, -0.15) is 0 Å². The van der Waals surface area contributed by atoms with Gasteiger partial charge in [-0.15, -0.1) is 0 Å². The molecular formula is C10H13NO3. The SMILES string of the molecule is N[C@@H](C[C@H](O)C(=O)O)c1ccccc1. The van der Waals surface area contributed by atoms with Crippen molar-refractivity contribution in [1.82, 2.24) is 0 Å². The van der Waals surface area contributed by atoms with Gasteiger partial charge in [0.15, 0.2) is 6.10 Å². The van der Waals surface area contributed by atoms with E-state index in [1.54, 1.807) is 12.1 Å². The lowest BCUT2D eigenvalue weighted by Crippen LogP contribution is -2.25. The number of hydrogen-bond donors (Lipinski definition) is 3. The molecule has 76 valence electrons. The first kappa shape index (κ1) is 10.7. The Balaban J connectivity index is 2.59. The standard InChI is InChI=1S/C10H13NO3/c11-8(6-9(12)10(13)14)7-4-2-1-3-5-7/h1-5,8-9,12H,6,11H2,(H,13,14)/t8-,9-/m0/s1. The normalized spacial score (nSPS) is 14.7. The average molecular weight is 195 g/mol. The van der Waals surface area contributed by atoms with Crippen LogP contribution in [0.1, 0.15) is 18.0 Å². The van der Waals surface area contributed by atoms with Crippen LogP contribution in [-0.4, -0.2) is 22.3 Å². The lowest BCUT2D eigenvalue weighted by Gasteiger charge is -2.13. The number of carbonyl (C=O) groups is 1. The highest BCUT2D eigenvalue weighted by molar-refractivity contribution is 5.71. The third kappa shape index (κ3) is 2.83. The number of aliphatic hydroxyl groups excluding tert-OH is 1. The van der Waals surface area contributed by atoms with Crippen LogP contribution in [0.25, 0.3) is 0 Å². The Morgan fingerprint density at radius 1 is 1.36 bits per heavy atom. The van der Waals surface area contributed by atoms with E-state index in [1.165, 1.54) is 0 Å². The fourth-order valence-corrected chi connectivity index (χ4v) is 1.18. The highest BCUT2D eigenvalue weighted by Gasteiger charge is 2.17. The minimum absolute atomic E-state index is 0.0271. The Hall–Kier alpha value is -1.39. The van der Waals surface area contributed by atoms with Crippen LogP contribution >= 0.6 is 0 Å². The number of carboxylic acids is 1. The van der Waals surface area contributed by atoms with Crippen molar-refractivity contribution in [1.29, 1.82) is 0 Å². The highest BCUT2D eigenvalue weighted by Crippen LogP contribution is 2.15. The number of hydrogen-bond acceptors (Lipinski definition) is 3. The molecule has 0 aliphatic heterocycles. The smallest absolute Gasteiger partial charge is 0.332 e. The third-order valence-electron chi connectivity index (χ3n) is 1.99. The molecule has 1 aromatic carbocycles. The van der Waals surface area contributed by atoms with Crippen LogP contribution in [0.3, 0.4) is 0 Å². The van der Waals surface area contributed by atoms with E-state index in [-0.39, 0.29) is 6.42 Å². The summed E-state index contributed by atoms with van der Waals surface area (Å²) in [5, 5.41) is 17.6. The predicted molar refractivity (Wildman–Crippen MR) is 51.6 cm³/mol. The number of benzene rings is 1. The molecule has 0 saturated carbocycles. The quantitative estimate of drug-likeness (QED) is 0.654. The van der Waals surface area contributed by atoms with E-state index in [4.69, 9.17) is 15.9 Å². The molecule has 0 amide bonds. The summed E-state index contributed by atoms with van der Waals surface area (Å²) in [4.78, 5) is 10.4. The van der Waals surface area contributed by atoms with Crippen LogP contribution in [0.5, 0.6) is 0 Å². The van der Waals surface area contributed by atoms with Gasteiger partial charge in [-0.3, -0.25) is 0 Å². The molecular weight excluding hydrogens is 182 g/mol. The van der Waals surface area contributed by atoms with Gasteiger partial charge in [0.1, 0.15) is 0 Å². The Morgan fingerprint density at radius 2 is 1.93 bits per heavy atom. The molecule has 1 aromatic rings. The summed E-state index contributed by atoms with van der Waals surface area (Å²) < 4.78 is 0. The predicted octanol–water partition coefficient (Wildman–Crippen LogP) is 0.522. The van der Waals surface area contributed by atoms with Crippen LogP contribution in [0.2, 0.25) is 0 Å². The fourth-order valence-electron chi connectivity index (χ4n) is 1.18. The molecule has 2 atom stereocenters. The van der Waals surface area contributed by atoms with Crippen molar-refractivity contribution in [2.45, 2.75) is 18.6 Å². The first-order valence-corrected chi connectivity index (χ1v) is 4.32. The van der Waals surface area contributed by atoms with Crippen molar-refractivity contribution in [3.63, 3.8) is 0 Å². The van der Waals surface area contributed by atoms with Gasteiger partial charge in [0, 0.05) is 12.5 Å². The first-order chi connectivity index (χ1) is 6.61. The van der Waals surface area contributed by atoms with Crippen molar-refractivity contribution in [3.05, 3.63) is 35.9 Å². The van der Waals surface area contributed by atoms with Crippen LogP contribution in [-0.2, 0) is 4.79 Å². The van der Waals surface area contributed by atoms with Crippen molar-refractivity contribution in [2.24, 2.45) is 5.73 Å². The Morgan fingerprint density at radius 3 is 2.43 bits per heavy atom. The summed E-state index contributed by atoms with van der Waals surface area (Å²) >= 11 is 0. The molecule has 0 saturated heterocycles. The van der Waals surface area contributed by atoms with Gasteiger partial charge < -0.3 is 15.9 Å². The minimum atomic E-state index is -1.40. The van der Waals surface area contributed by atoms with E-state index in [9.17, 15) is 4.79 Å². The Kier molecular flexibility index (Phi) is 3.62. The summed E-state index contributed by atoms with van der Waals surface area (Å²) in [5.74, 6) is -1.24. The van der Waals surface area contributed by atoms with Crippen molar-refractivity contribution in [3.8, 4) is 0 Å². The zero-order valence-corrected chi connectivity index (χ0v) is 7.63. The molecule has 0 spiro atoms. The molecule has 4 heteroatoms. The number of carboxylic acid groups (broad SMARTS) is 1. The largest absolute Gasteiger partial charge is 0.479 e. The highest BCUT2D eigenvalue weighted by atomic mass is 16.4. The van der Waals surface area contributed by atoms with Gasteiger partial charge in [-0.25, -0.2) is 4.79 Å². The van der Waals surface area contributed by atoms with E-state index in [1.807, 2.05) is 18.2 Å². The van der Waals surface area contributed by atoms with Gasteiger partial charge in [-0.05, 0) is 5.56 Å². The molecule has 0 aromatic heterocycles. The third-order valence-corrected chi connectivity index (χ3v) is 1.99. The van der Waals surface area contributed by atoms with Crippen LogP contribution in [0, 0.1) is 0 Å². The van der Waals surface area contributed by atoms with Gasteiger partial charge >= 0.3 is 5.97 Å². The van der Waals surface area contributed by atoms with Crippen molar-refractivity contribution >= 4 is 5.97 Å². The molecule has 4 nitrogen and oxygen atoms in total. The topological polar surface area (TPSA) is 83.5 Å². The molecule has 0 bridgehead atoms. The molecule has 4 N–H and O–H groups in total. The van der Waals surface area contributed by atoms with E-state index >= 15 is 0 Å². The monoisotopic (exact) mass is 195 g/mol. The van der Waals surface area contributed by atoms with Gasteiger partial charge in [0.25, 0.3) is 0 Å². The zero-order valence-electron chi connectivity index (χ0n) is 7.63. The maximum atomic E-state index is 10.4. The van der Waals surface area contributed by atoms with Gasteiger partial charge in [0.2, 0.25) is 0 Å². The van der Waals surface area contributed by atoms with Crippen LogP contribution in [0.4, 0.5) is 0 Å². The molecule has 0 heterocycles. The van der Waals surface area contributed by atoms with Crippen LogP contribution in [0.15, 0.2) is 30.3 Å². The molecule has 0 radical (unpaired) electrons. The zero-order chi connectivity index (χ0) is 10.6. The van der Waals surface area contributed by atoms with Crippen LogP contribution < -0.4 is 5.73 Å². The summed E-state index contributed by atoms with van der Waals surface area (Å²) in [6, 6.07) is 8.66. The lowest BCUT2D eigenvalue weighted by atomic mass is 10.0. The molecule has 0 aliphatic carbocycles. The maximum Gasteiger partial charge on any atom is 0.332 e. The second kappa shape index (κ2) is 4.74. The Bertz CT molecular complexity index is 299. The van der Waals surface area contributed by atoms with Crippen molar-refractivity contribution < 1.29 is 15.0 Å². The molecule has 14 heavy (non-hydrogen) atoms. The summed E-state index contributed by atoms with van der Waals surface area (Å²) in [5.41, 5.74) is 6.54. The number of aliphatic hydroxyl groups is 1. The second-order valence-corrected chi connectivity index (χ2v) is 3.11. The summed E-state index contributed by atoms with van der Waals surface area (Å²) in [7, 11) is 0. The number of rotatable bonds is 4. The van der Waals surface area contributed by atoms with E-state index in [0.29, 0.717) is 0 Å². The van der Waals surface area contributed by atoms with E-state index < -0.39 is 18.1 Å². The minimum Gasteiger partial charge on any atom is -0.479 e. The van der Waals surface area contributed by atoms with E-state index in [0.717, 1.165) is 5.56 Å². The number of aliphatic carboxylic acids is 1. The molecule has 1 rings (SSSR count). The molecule has 0 unspecified atom stereocenters. The van der Waals surface area contributed by atoms with Gasteiger partial charge in [-0.1, -0.05) is 30.3 Å². The average Bonchev–Trinajstić information content (AvgIpc) is 2.19. The number of nitrogens with two attached hydrogens (primary N) is 1. The van der Waals surface area contributed by atoms with E-state index in [2.05, 4.69) is 0 Å².